The molecule has 1 heterocycles. The van der Waals surface area contributed by atoms with Crippen LogP contribution in [0.1, 0.15) is 12.5 Å². The van der Waals surface area contributed by atoms with E-state index in [1.807, 2.05) is 18.2 Å². The van der Waals surface area contributed by atoms with Crippen LogP contribution >= 0.6 is 0 Å². The Morgan fingerprint density at radius 2 is 1.86 bits per heavy atom. The van der Waals surface area contributed by atoms with Crippen molar-refractivity contribution in [2.24, 2.45) is 0 Å². The van der Waals surface area contributed by atoms with Crippen LogP contribution in [-0.2, 0) is 6.18 Å². The van der Waals surface area contributed by atoms with Crippen LogP contribution in [0.4, 0.5) is 24.8 Å². The van der Waals surface area contributed by atoms with Crippen molar-refractivity contribution in [3.05, 3.63) is 42.1 Å². The molecule has 0 fully saturated rings. The number of ether oxygens (including phenoxy) is 1. The minimum absolute atomic E-state index is 0.0918. The number of aromatic nitrogens is 2. The zero-order valence-corrected chi connectivity index (χ0v) is 11.6. The molecular weight excluding hydrogens is 283 g/mol. The highest BCUT2D eigenvalue weighted by Crippen LogP contribution is 2.35. The number of para-hydroxylation sites is 1. The quantitative estimate of drug-likeness (QED) is 0.863. The Balaban J connectivity index is 2.40. The van der Waals surface area contributed by atoms with Crippen LogP contribution in [0, 0.1) is 0 Å². The van der Waals surface area contributed by atoms with Gasteiger partial charge in [0.1, 0.15) is 5.56 Å². The van der Waals surface area contributed by atoms with Gasteiger partial charge in [0.15, 0.2) is 0 Å². The normalized spacial score (nSPS) is 11.3. The zero-order valence-electron chi connectivity index (χ0n) is 11.6. The third kappa shape index (κ3) is 3.42. The molecule has 0 aliphatic rings. The van der Waals surface area contributed by atoms with Crippen LogP contribution in [0.15, 0.2) is 36.5 Å². The highest BCUT2D eigenvalue weighted by molar-refractivity contribution is 5.56. The van der Waals surface area contributed by atoms with Crippen LogP contribution in [0.2, 0.25) is 0 Å². The second-order valence-electron chi connectivity index (χ2n) is 4.21. The third-order valence-electron chi connectivity index (χ3n) is 2.77. The fraction of sp³-hybridized carbons (Fsp3) is 0.286. The van der Waals surface area contributed by atoms with Crippen molar-refractivity contribution in [1.82, 2.24) is 9.97 Å². The van der Waals surface area contributed by atoms with E-state index < -0.39 is 17.6 Å². The molecule has 0 amide bonds. The lowest BCUT2D eigenvalue weighted by Crippen LogP contribution is -2.17. The first kappa shape index (κ1) is 15.1. The molecule has 112 valence electrons. The number of halogens is 3. The summed E-state index contributed by atoms with van der Waals surface area (Å²) in [5.74, 6) is -0.324. The van der Waals surface area contributed by atoms with Crippen LogP contribution < -0.4 is 9.64 Å². The van der Waals surface area contributed by atoms with Crippen molar-refractivity contribution < 1.29 is 17.9 Å². The Morgan fingerprint density at radius 3 is 2.43 bits per heavy atom. The molecule has 0 N–H and O–H groups in total. The van der Waals surface area contributed by atoms with Gasteiger partial charge in [-0.05, 0) is 19.1 Å². The fourth-order valence-corrected chi connectivity index (χ4v) is 1.73. The first-order valence-corrected chi connectivity index (χ1v) is 6.29. The Labute approximate surface area is 120 Å². The van der Waals surface area contributed by atoms with Gasteiger partial charge in [0, 0.05) is 18.9 Å². The molecule has 0 radical (unpaired) electrons. The molecule has 21 heavy (non-hydrogen) atoms. The molecule has 0 unspecified atom stereocenters. The van der Waals surface area contributed by atoms with Crippen LogP contribution in [0.3, 0.4) is 0 Å². The molecular formula is C14H14F3N3O. The minimum Gasteiger partial charge on any atom is -0.477 e. The number of nitrogens with zero attached hydrogens (tertiary/aromatic N) is 3. The molecule has 4 nitrogen and oxygen atoms in total. The summed E-state index contributed by atoms with van der Waals surface area (Å²) in [5, 5.41) is 0. The van der Waals surface area contributed by atoms with E-state index in [1.165, 1.54) is 0 Å². The maximum absolute atomic E-state index is 12.9. The fourth-order valence-electron chi connectivity index (χ4n) is 1.73. The molecule has 2 aromatic rings. The first-order chi connectivity index (χ1) is 9.93. The lowest BCUT2D eigenvalue weighted by molar-refractivity contribution is -0.139. The van der Waals surface area contributed by atoms with E-state index >= 15 is 0 Å². The smallest absolute Gasteiger partial charge is 0.423 e. The van der Waals surface area contributed by atoms with Crippen molar-refractivity contribution in [3.63, 3.8) is 0 Å². The maximum atomic E-state index is 12.9. The number of rotatable bonds is 4. The maximum Gasteiger partial charge on any atom is 0.423 e. The molecule has 2 rings (SSSR count). The largest absolute Gasteiger partial charge is 0.477 e. The van der Waals surface area contributed by atoms with Crippen molar-refractivity contribution in [2.75, 3.05) is 18.6 Å². The molecule has 0 bridgehead atoms. The van der Waals surface area contributed by atoms with Crippen molar-refractivity contribution in [1.29, 1.82) is 0 Å². The van der Waals surface area contributed by atoms with E-state index in [1.54, 1.807) is 31.0 Å². The van der Waals surface area contributed by atoms with Gasteiger partial charge >= 0.3 is 6.18 Å². The summed E-state index contributed by atoms with van der Waals surface area (Å²) < 4.78 is 43.6. The summed E-state index contributed by atoms with van der Waals surface area (Å²) >= 11 is 0. The van der Waals surface area contributed by atoms with Crippen LogP contribution in [0.5, 0.6) is 5.88 Å². The molecule has 0 atom stereocenters. The average molecular weight is 297 g/mol. The summed E-state index contributed by atoms with van der Waals surface area (Å²) in [6.45, 7) is 1.69. The number of hydrogen-bond donors (Lipinski definition) is 0. The molecule has 0 aliphatic heterocycles. The number of benzene rings is 1. The predicted molar refractivity (Wildman–Crippen MR) is 72.7 cm³/mol. The van der Waals surface area contributed by atoms with E-state index in [9.17, 15) is 13.2 Å². The molecule has 7 heteroatoms. The second-order valence-corrected chi connectivity index (χ2v) is 4.21. The minimum atomic E-state index is -4.55. The van der Waals surface area contributed by atoms with Gasteiger partial charge in [0.2, 0.25) is 11.8 Å². The highest BCUT2D eigenvalue weighted by atomic mass is 19.4. The zero-order chi connectivity index (χ0) is 15.5. The summed E-state index contributed by atoms with van der Waals surface area (Å²) in [6.07, 6.45) is -3.80. The number of alkyl halides is 3. The molecule has 1 aromatic heterocycles. The number of anilines is 2. The topological polar surface area (TPSA) is 38.2 Å². The van der Waals surface area contributed by atoms with Crippen molar-refractivity contribution >= 4 is 11.6 Å². The van der Waals surface area contributed by atoms with Crippen molar-refractivity contribution in [2.45, 2.75) is 13.1 Å². The second kappa shape index (κ2) is 5.99. The van der Waals surface area contributed by atoms with Gasteiger partial charge in [0.25, 0.3) is 0 Å². The van der Waals surface area contributed by atoms with Gasteiger partial charge in [0.05, 0.1) is 6.61 Å². The van der Waals surface area contributed by atoms with Crippen LogP contribution in [-0.4, -0.2) is 23.6 Å². The Morgan fingerprint density at radius 1 is 1.19 bits per heavy atom. The van der Waals surface area contributed by atoms with Gasteiger partial charge in [-0.25, -0.2) is 4.98 Å². The standard InChI is InChI=1S/C14H14F3N3O/c1-3-21-12-11(14(15,16)17)9-18-13(19-12)20(2)10-7-5-4-6-8-10/h4-9H,3H2,1-2H3. The Kier molecular flexibility index (Phi) is 4.30. The molecule has 0 aliphatic carbocycles. The predicted octanol–water partition coefficient (Wildman–Crippen LogP) is 3.66. The van der Waals surface area contributed by atoms with Gasteiger partial charge in [-0.15, -0.1) is 0 Å². The summed E-state index contributed by atoms with van der Waals surface area (Å²) in [6, 6.07) is 9.10. The van der Waals surface area contributed by atoms with E-state index in [0.29, 0.717) is 0 Å². The van der Waals surface area contributed by atoms with E-state index in [0.717, 1.165) is 11.9 Å². The van der Waals surface area contributed by atoms with E-state index in [-0.39, 0.29) is 12.6 Å². The Hall–Kier alpha value is -2.31. The SMILES string of the molecule is CCOc1nc(N(C)c2ccccc2)ncc1C(F)(F)F. The van der Waals surface area contributed by atoms with Gasteiger partial charge in [-0.1, -0.05) is 18.2 Å². The summed E-state index contributed by atoms with van der Waals surface area (Å²) in [4.78, 5) is 9.24. The van der Waals surface area contributed by atoms with Crippen LogP contribution in [0.25, 0.3) is 0 Å². The summed E-state index contributed by atoms with van der Waals surface area (Å²) in [5.41, 5.74) is -0.214. The molecule has 0 saturated heterocycles. The monoisotopic (exact) mass is 297 g/mol. The van der Waals surface area contributed by atoms with E-state index in [2.05, 4.69) is 9.97 Å². The molecule has 0 saturated carbocycles. The van der Waals surface area contributed by atoms with E-state index in [4.69, 9.17) is 4.74 Å². The highest BCUT2D eigenvalue weighted by Gasteiger charge is 2.36. The Bertz CT molecular complexity index is 602. The molecule has 1 aromatic carbocycles. The third-order valence-corrected chi connectivity index (χ3v) is 2.77. The van der Waals surface area contributed by atoms with Crippen molar-refractivity contribution in [3.8, 4) is 5.88 Å². The number of hydrogen-bond acceptors (Lipinski definition) is 4. The first-order valence-electron chi connectivity index (χ1n) is 6.29. The summed E-state index contributed by atoms with van der Waals surface area (Å²) in [7, 11) is 1.67. The lowest BCUT2D eigenvalue weighted by Gasteiger charge is -2.19. The van der Waals surface area contributed by atoms with Gasteiger partial charge in [-0.2, -0.15) is 18.2 Å². The average Bonchev–Trinajstić information content (AvgIpc) is 2.46. The van der Waals surface area contributed by atoms with Gasteiger partial charge in [-0.3, -0.25) is 0 Å². The van der Waals surface area contributed by atoms with Gasteiger partial charge < -0.3 is 9.64 Å². The lowest BCUT2D eigenvalue weighted by atomic mass is 10.3. The molecule has 0 spiro atoms.